The van der Waals surface area contributed by atoms with E-state index in [1.807, 2.05) is 89.8 Å². The highest BCUT2D eigenvalue weighted by atomic mass is 79.9. The lowest BCUT2D eigenvalue weighted by molar-refractivity contribution is -0.116. The molecule has 0 fully saturated rings. The second kappa shape index (κ2) is 8.83. The molecule has 2 aliphatic rings. The van der Waals surface area contributed by atoms with Gasteiger partial charge < -0.3 is 5.11 Å². The molecule has 164 valence electrons. The van der Waals surface area contributed by atoms with Gasteiger partial charge in [0.1, 0.15) is 11.6 Å². The Hall–Kier alpha value is -3.44. The lowest BCUT2D eigenvalue weighted by Gasteiger charge is -2.41. The molecule has 0 spiro atoms. The number of rotatable bonds is 3. The van der Waals surface area contributed by atoms with Gasteiger partial charge in [-0.25, -0.2) is 0 Å². The van der Waals surface area contributed by atoms with E-state index >= 15 is 0 Å². The SMILES string of the molecule is N=C1/C(=C(/O)c2ccccc2)[C@H](c2ccc(Br)cc2)C2=C(CCCC2=O)N1c1ccccc1. The number of para-hydroxylation sites is 1. The molecule has 0 saturated heterocycles. The Bertz CT molecular complexity index is 1280. The molecule has 0 unspecified atom stereocenters. The average molecular weight is 499 g/mol. The molecule has 1 aliphatic carbocycles. The highest BCUT2D eigenvalue weighted by Crippen LogP contribution is 2.47. The summed E-state index contributed by atoms with van der Waals surface area (Å²) in [6.07, 6.45) is 1.94. The molecule has 0 radical (unpaired) electrons. The summed E-state index contributed by atoms with van der Waals surface area (Å²) in [4.78, 5) is 15.2. The quantitative estimate of drug-likeness (QED) is 0.381. The molecule has 3 aromatic carbocycles. The van der Waals surface area contributed by atoms with Crippen molar-refractivity contribution in [2.75, 3.05) is 4.90 Å². The minimum absolute atomic E-state index is 0.0272. The van der Waals surface area contributed by atoms with Gasteiger partial charge in [0, 0.05) is 44.9 Å². The molecule has 33 heavy (non-hydrogen) atoms. The predicted molar refractivity (Wildman–Crippen MR) is 135 cm³/mol. The number of Topliss-reactive ketones (excluding diaryl/α,β-unsaturated/α-hetero) is 1. The summed E-state index contributed by atoms with van der Waals surface area (Å²) in [7, 11) is 0. The molecule has 1 atom stereocenters. The van der Waals surface area contributed by atoms with Crippen molar-refractivity contribution in [2.45, 2.75) is 25.2 Å². The Morgan fingerprint density at radius 2 is 1.55 bits per heavy atom. The maximum atomic E-state index is 13.4. The number of allylic oxidation sites excluding steroid dienone is 2. The van der Waals surface area contributed by atoms with Crippen LogP contribution in [-0.4, -0.2) is 16.7 Å². The van der Waals surface area contributed by atoms with Crippen molar-refractivity contribution in [3.63, 3.8) is 0 Å². The summed E-state index contributed by atoms with van der Waals surface area (Å²) in [5.74, 6) is -0.201. The molecule has 2 N–H and O–H groups in total. The van der Waals surface area contributed by atoms with E-state index in [0.29, 0.717) is 29.6 Å². The normalized spacial score (nSPS) is 20.0. The van der Waals surface area contributed by atoms with Crippen LogP contribution in [0.4, 0.5) is 5.69 Å². The van der Waals surface area contributed by atoms with Crippen molar-refractivity contribution >= 4 is 39.0 Å². The van der Waals surface area contributed by atoms with E-state index in [1.54, 1.807) is 0 Å². The Balaban J connectivity index is 1.83. The van der Waals surface area contributed by atoms with Crippen molar-refractivity contribution in [1.29, 1.82) is 5.41 Å². The third kappa shape index (κ3) is 3.83. The number of ketones is 1. The zero-order valence-corrected chi connectivity index (χ0v) is 19.5. The van der Waals surface area contributed by atoms with Crippen LogP contribution in [0.3, 0.4) is 0 Å². The monoisotopic (exact) mass is 498 g/mol. The van der Waals surface area contributed by atoms with Gasteiger partial charge in [-0.1, -0.05) is 76.6 Å². The van der Waals surface area contributed by atoms with E-state index < -0.39 is 5.92 Å². The number of hydrogen-bond donors (Lipinski definition) is 2. The minimum atomic E-state index is -0.506. The van der Waals surface area contributed by atoms with Crippen LogP contribution in [-0.2, 0) is 4.79 Å². The smallest absolute Gasteiger partial charge is 0.161 e. The molecule has 5 heteroatoms. The average Bonchev–Trinajstić information content (AvgIpc) is 2.85. The standard InChI is InChI=1S/C28H23BrN2O2/c29-20-16-14-18(15-17-20)24-25-22(12-7-13-23(25)32)31(21-10-5-2-6-11-21)28(30)26(24)27(33)19-8-3-1-4-9-19/h1-6,8-11,14-17,24,30,33H,7,12-13H2/b27-26+,30-28?/t24-/m1/s1. The van der Waals surface area contributed by atoms with Gasteiger partial charge in [-0.15, -0.1) is 0 Å². The highest BCUT2D eigenvalue weighted by Gasteiger charge is 2.43. The predicted octanol–water partition coefficient (Wildman–Crippen LogP) is 7.01. The summed E-state index contributed by atoms with van der Waals surface area (Å²) in [5.41, 5.74) is 4.31. The van der Waals surface area contributed by atoms with E-state index in [-0.39, 0.29) is 17.4 Å². The summed E-state index contributed by atoms with van der Waals surface area (Å²) >= 11 is 3.49. The molecule has 5 rings (SSSR count). The first-order chi connectivity index (χ1) is 16.1. The van der Waals surface area contributed by atoms with E-state index in [1.165, 1.54) is 0 Å². The van der Waals surface area contributed by atoms with Gasteiger partial charge in [-0.05, 0) is 42.7 Å². The number of anilines is 1. The lowest BCUT2D eigenvalue weighted by atomic mass is 9.73. The number of benzene rings is 3. The molecule has 4 nitrogen and oxygen atoms in total. The maximum absolute atomic E-state index is 13.4. The summed E-state index contributed by atoms with van der Waals surface area (Å²) < 4.78 is 0.935. The van der Waals surface area contributed by atoms with Crippen LogP contribution >= 0.6 is 15.9 Å². The third-order valence-corrected chi connectivity index (χ3v) is 6.80. The lowest BCUT2D eigenvalue weighted by Crippen LogP contribution is -2.42. The topological polar surface area (TPSA) is 64.4 Å². The molecular formula is C28H23BrN2O2. The fourth-order valence-corrected chi connectivity index (χ4v) is 5.06. The molecule has 1 heterocycles. The van der Waals surface area contributed by atoms with Crippen molar-refractivity contribution in [3.05, 3.63) is 117 Å². The Labute approximate surface area is 201 Å². The largest absolute Gasteiger partial charge is 0.507 e. The second-order valence-electron chi connectivity index (χ2n) is 8.27. The third-order valence-electron chi connectivity index (χ3n) is 6.27. The number of carbonyl (C=O) groups is 1. The van der Waals surface area contributed by atoms with Crippen molar-refractivity contribution in [2.24, 2.45) is 0 Å². The van der Waals surface area contributed by atoms with Crippen LogP contribution < -0.4 is 4.90 Å². The van der Waals surface area contributed by atoms with Crippen LogP contribution in [0.2, 0.25) is 0 Å². The van der Waals surface area contributed by atoms with Gasteiger partial charge in [0.2, 0.25) is 0 Å². The molecule has 0 saturated carbocycles. The van der Waals surface area contributed by atoms with E-state index in [9.17, 15) is 15.3 Å². The fraction of sp³-hybridized carbons (Fsp3) is 0.143. The Morgan fingerprint density at radius 3 is 2.21 bits per heavy atom. The number of nitrogens with one attached hydrogen (secondary N) is 1. The molecule has 3 aromatic rings. The van der Waals surface area contributed by atoms with Crippen LogP contribution in [0.5, 0.6) is 0 Å². The van der Waals surface area contributed by atoms with Crippen LogP contribution in [0, 0.1) is 5.41 Å². The van der Waals surface area contributed by atoms with Gasteiger partial charge in [0.25, 0.3) is 0 Å². The summed E-state index contributed by atoms with van der Waals surface area (Å²) in [6.45, 7) is 0. The van der Waals surface area contributed by atoms with Crippen molar-refractivity contribution in [1.82, 2.24) is 0 Å². The minimum Gasteiger partial charge on any atom is -0.507 e. The summed E-state index contributed by atoms with van der Waals surface area (Å²) in [5, 5.41) is 20.8. The first kappa shape index (κ1) is 21.4. The second-order valence-corrected chi connectivity index (χ2v) is 9.19. The van der Waals surface area contributed by atoms with Crippen LogP contribution in [0.25, 0.3) is 5.76 Å². The number of hydrogen-bond acceptors (Lipinski definition) is 3. The molecular weight excluding hydrogens is 476 g/mol. The Morgan fingerprint density at radius 1 is 0.909 bits per heavy atom. The van der Waals surface area contributed by atoms with Gasteiger partial charge >= 0.3 is 0 Å². The molecule has 0 amide bonds. The van der Waals surface area contributed by atoms with Crippen molar-refractivity contribution < 1.29 is 9.90 Å². The number of aliphatic hydroxyl groups excluding tert-OH is 1. The zero-order valence-electron chi connectivity index (χ0n) is 18.0. The van der Waals surface area contributed by atoms with Crippen LogP contribution in [0.15, 0.2) is 106 Å². The summed E-state index contributed by atoms with van der Waals surface area (Å²) in [6, 6.07) is 26.7. The molecule has 0 aromatic heterocycles. The van der Waals surface area contributed by atoms with Gasteiger partial charge in [0.05, 0.1) is 0 Å². The first-order valence-corrected chi connectivity index (χ1v) is 11.8. The molecule has 0 bridgehead atoms. The highest BCUT2D eigenvalue weighted by molar-refractivity contribution is 9.10. The van der Waals surface area contributed by atoms with E-state index in [2.05, 4.69) is 15.9 Å². The maximum Gasteiger partial charge on any atom is 0.161 e. The van der Waals surface area contributed by atoms with E-state index in [4.69, 9.17) is 0 Å². The van der Waals surface area contributed by atoms with Gasteiger partial charge in [-0.2, -0.15) is 0 Å². The zero-order chi connectivity index (χ0) is 22.9. The number of aliphatic hydroxyl groups is 1. The number of nitrogens with zero attached hydrogens (tertiary/aromatic N) is 1. The van der Waals surface area contributed by atoms with Gasteiger partial charge in [-0.3, -0.25) is 15.1 Å². The van der Waals surface area contributed by atoms with Crippen molar-refractivity contribution in [3.8, 4) is 0 Å². The Kier molecular flexibility index (Phi) is 5.73. The fourth-order valence-electron chi connectivity index (χ4n) is 4.79. The molecule has 1 aliphatic heterocycles. The first-order valence-electron chi connectivity index (χ1n) is 11.0. The number of carbonyl (C=O) groups excluding carboxylic acids is 1. The van der Waals surface area contributed by atoms with Gasteiger partial charge in [0.15, 0.2) is 5.78 Å². The van der Waals surface area contributed by atoms with E-state index in [0.717, 1.165) is 27.8 Å². The number of halogens is 1. The van der Waals surface area contributed by atoms with Crippen LogP contribution in [0.1, 0.15) is 36.3 Å². The number of amidine groups is 1.